The van der Waals surface area contributed by atoms with E-state index < -0.39 is 11.9 Å². The van der Waals surface area contributed by atoms with Crippen molar-refractivity contribution in [1.82, 2.24) is 0 Å². The first-order valence-electron chi connectivity index (χ1n) is 7.67. The van der Waals surface area contributed by atoms with Crippen molar-refractivity contribution < 1.29 is 29.3 Å². The average molecular weight is 357 g/mol. The molecular formula is C19H19NO6. The summed E-state index contributed by atoms with van der Waals surface area (Å²) in [5.74, 6) is -0.501. The van der Waals surface area contributed by atoms with Crippen molar-refractivity contribution in [2.75, 3.05) is 19.5 Å². The van der Waals surface area contributed by atoms with Gasteiger partial charge in [-0.05, 0) is 41.5 Å². The van der Waals surface area contributed by atoms with E-state index in [1.54, 1.807) is 24.3 Å². The molecule has 0 radical (unpaired) electrons. The van der Waals surface area contributed by atoms with E-state index in [-0.39, 0.29) is 17.9 Å². The Bertz CT molecular complexity index is 844. The Kier molecular flexibility index (Phi) is 6.21. The number of phenols is 1. The van der Waals surface area contributed by atoms with Crippen molar-refractivity contribution in [3.63, 3.8) is 0 Å². The van der Waals surface area contributed by atoms with Crippen LogP contribution in [0.15, 0.2) is 42.5 Å². The molecule has 136 valence electrons. The molecule has 0 atom stereocenters. The maximum atomic E-state index is 12.1. The van der Waals surface area contributed by atoms with Crippen LogP contribution >= 0.6 is 0 Å². The number of aliphatic carboxylic acids is 1. The number of methoxy groups -OCH3 is 2. The molecule has 2 rings (SSSR count). The average Bonchev–Trinajstić information content (AvgIpc) is 2.62. The third-order valence-corrected chi connectivity index (χ3v) is 3.51. The normalized spacial score (nSPS) is 10.5. The molecule has 0 fully saturated rings. The molecule has 0 spiro atoms. The highest BCUT2D eigenvalue weighted by molar-refractivity contribution is 6.02. The van der Waals surface area contributed by atoms with Crippen LogP contribution in [0.5, 0.6) is 17.2 Å². The number of rotatable bonds is 7. The van der Waals surface area contributed by atoms with E-state index in [9.17, 15) is 14.7 Å². The number of carboxylic acids is 1. The fraction of sp³-hybridized carbons (Fsp3) is 0.158. The summed E-state index contributed by atoms with van der Waals surface area (Å²) in [6, 6.07) is 9.44. The van der Waals surface area contributed by atoms with Gasteiger partial charge in [-0.15, -0.1) is 0 Å². The minimum absolute atomic E-state index is 0.144. The van der Waals surface area contributed by atoms with Gasteiger partial charge in [0.15, 0.2) is 11.5 Å². The van der Waals surface area contributed by atoms with Crippen LogP contribution in [-0.2, 0) is 16.0 Å². The fourth-order valence-electron chi connectivity index (χ4n) is 2.27. The van der Waals surface area contributed by atoms with E-state index in [1.165, 1.54) is 38.5 Å². The topological polar surface area (TPSA) is 105 Å². The third kappa shape index (κ3) is 5.01. The molecule has 2 aromatic carbocycles. The Balaban J connectivity index is 2.11. The summed E-state index contributed by atoms with van der Waals surface area (Å²) in [5.41, 5.74) is 1.34. The van der Waals surface area contributed by atoms with Gasteiger partial charge < -0.3 is 25.0 Å². The molecule has 0 saturated heterocycles. The molecule has 0 saturated carbocycles. The molecule has 26 heavy (non-hydrogen) atoms. The first-order valence-corrected chi connectivity index (χ1v) is 7.67. The van der Waals surface area contributed by atoms with Crippen LogP contribution in [0.25, 0.3) is 6.08 Å². The lowest BCUT2D eigenvalue weighted by atomic mass is 10.1. The quantitative estimate of drug-likeness (QED) is 0.520. The van der Waals surface area contributed by atoms with Gasteiger partial charge in [0, 0.05) is 6.08 Å². The van der Waals surface area contributed by atoms with Gasteiger partial charge in [-0.2, -0.15) is 0 Å². The number of anilines is 1. The van der Waals surface area contributed by atoms with Crippen LogP contribution < -0.4 is 14.8 Å². The van der Waals surface area contributed by atoms with Crippen molar-refractivity contribution in [2.24, 2.45) is 0 Å². The molecule has 3 N–H and O–H groups in total. The largest absolute Gasteiger partial charge is 0.506 e. The van der Waals surface area contributed by atoms with Crippen LogP contribution in [0.4, 0.5) is 5.69 Å². The number of carbonyl (C=O) groups is 2. The second-order valence-electron chi connectivity index (χ2n) is 5.36. The Hall–Kier alpha value is -3.48. The highest BCUT2D eigenvalue weighted by Crippen LogP contribution is 2.28. The molecule has 0 unspecified atom stereocenters. The number of hydrogen-bond acceptors (Lipinski definition) is 5. The number of carbonyl (C=O) groups excluding carboxylic acids is 1. The van der Waals surface area contributed by atoms with E-state index in [0.29, 0.717) is 17.1 Å². The maximum Gasteiger partial charge on any atom is 0.307 e. The summed E-state index contributed by atoms with van der Waals surface area (Å²) in [7, 11) is 3.05. The number of hydrogen-bond donors (Lipinski definition) is 3. The van der Waals surface area contributed by atoms with E-state index >= 15 is 0 Å². The van der Waals surface area contributed by atoms with E-state index in [4.69, 9.17) is 14.6 Å². The summed E-state index contributed by atoms with van der Waals surface area (Å²) >= 11 is 0. The van der Waals surface area contributed by atoms with Crippen LogP contribution in [0.3, 0.4) is 0 Å². The Labute approximate surface area is 150 Å². The Morgan fingerprint density at radius 3 is 2.46 bits per heavy atom. The number of nitrogens with one attached hydrogen (secondary N) is 1. The van der Waals surface area contributed by atoms with Crippen LogP contribution in [0.2, 0.25) is 0 Å². The summed E-state index contributed by atoms with van der Waals surface area (Å²) in [4.78, 5) is 22.8. The number of phenolic OH excluding ortho intramolecular Hbond substituents is 1. The van der Waals surface area contributed by atoms with Crippen molar-refractivity contribution in [1.29, 1.82) is 0 Å². The molecule has 0 heterocycles. The smallest absolute Gasteiger partial charge is 0.307 e. The zero-order valence-electron chi connectivity index (χ0n) is 14.4. The summed E-state index contributed by atoms with van der Waals surface area (Å²) in [6.07, 6.45) is 2.67. The zero-order valence-corrected chi connectivity index (χ0v) is 14.4. The monoisotopic (exact) mass is 357 g/mol. The lowest BCUT2D eigenvalue weighted by Gasteiger charge is -2.08. The fourth-order valence-corrected chi connectivity index (χ4v) is 2.27. The molecule has 1 amide bonds. The second kappa shape index (κ2) is 8.57. The summed E-state index contributed by atoms with van der Waals surface area (Å²) in [5, 5.41) is 21.2. The minimum atomic E-state index is -0.999. The van der Waals surface area contributed by atoms with Gasteiger partial charge in [-0.1, -0.05) is 12.1 Å². The predicted molar refractivity (Wildman–Crippen MR) is 96.7 cm³/mol. The summed E-state index contributed by atoms with van der Waals surface area (Å²) in [6.45, 7) is 0. The van der Waals surface area contributed by atoms with Gasteiger partial charge in [0.25, 0.3) is 0 Å². The molecule has 7 heteroatoms. The molecule has 0 bridgehead atoms. The van der Waals surface area contributed by atoms with Crippen LogP contribution in [0.1, 0.15) is 11.1 Å². The zero-order chi connectivity index (χ0) is 19.1. The molecule has 0 aliphatic rings. The molecular weight excluding hydrogens is 338 g/mol. The number of carboxylic acid groups (broad SMARTS) is 1. The van der Waals surface area contributed by atoms with E-state index in [0.717, 1.165) is 5.56 Å². The van der Waals surface area contributed by atoms with Crippen molar-refractivity contribution in [2.45, 2.75) is 6.42 Å². The standard InChI is InChI=1S/C19H19NO6/c1-25-16-7-4-12(10-17(16)26-2)5-8-18(22)20-14-9-13(11-19(23)24)3-6-15(14)21/h3-10,21H,11H2,1-2H3,(H,20,22)(H,23,24)/b8-5+. The maximum absolute atomic E-state index is 12.1. The van der Waals surface area contributed by atoms with E-state index in [2.05, 4.69) is 5.32 Å². The van der Waals surface area contributed by atoms with Crippen molar-refractivity contribution >= 4 is 23.6 Å². The highest BCUT2D eigenvalue weighted by Gasteiger charge is 2.08. The highest BCUT2D eigenvalue weighted by atomic mass is 16.5. The molecule has 0 aliphatic heterocycles. The van der Waals surface area contributed by atoms with Crippen LogP contribution in [0, 0.1) is 0 Å². The van der Waals surface area contributed by atoms with E-state index in [1.807, 2.05) is 0 Å². The first-order chi connectivity index (χ1) is 12.4. The van der Waals surface area contributed by atoms with Crippen LogP contribution in [-0.4, -0.2) is 36.3 Å². The Morgan fingerprint density at radius 2 is 1.81 bits per heavy atom. The van der Waals surface area contributed by atoms with Crippen molar-refractivity contribution in [3.05, 3.63) is 53.6 Å². The lowest BCUT2D eigenvalue weighted by Crippen LogP contribution is -2.09. The van der Waals surface area contributed by atoms with Gasteiger partial charge in [0.05, 0.1) is 26.3 Å². The number of amides is 1. The molecule has 2 aromatic rings. The minimum Gasteiger partial charge on any atom is -0.506 e. The van der Waals surface area contributed by atoms with Gasteiger partial charge >= 0.3 is 5.97 Å². The van der Waals surface area contributed by atoms with Gasteiger partial charge in [0.1, 0.15) is 5.75 Å². The molecule has 7 nitrogen and oxygen atoms in total. The number of ether oxygens (including phenoxy) is 2. The SMILES string of the molecule is COc1ccc(/C=C/C(=O)Nc2cc(CC(=O)O)ccc2O)cc1OC. The second-order valence-corrected chi connectivity index (χ2v) is 5.36. The Morgan fingerprint density at radius 1 is 1.08 bits per heavy atom. The molecule has 0 aromatic heterocycles. The molecule has 0 aliphatic carbocycles. The lowest BCUT2D eigenvalue weighted by molar-refractivity contribution is -0.136. The van der Waals surface area contributed by atoms with Gasteiger partial charge in [-0.25, -0.2) is 0 Å². The number of benzene rings is 2. The summed E-state index contributed by atoms with van der Waals surface area (Å²) < 4.78 is 10.3. The van der Waals surface area contributed by atoms with Gasteiger partial charge in [0.2, 0.25) is 5.91 Å². The van der Waals surface area contributed by atoms with Gasteiger partial charge in [-0.3, -0.25) is 9.59 Å². The predicted octanol–water partition coefficient (Wildman–Crippen LogP) is 2.69. The number of aromatic hydroxyl groups is 1. The third-order valence-electron chi connectivity index (χ3n) is 3.51. The van der Waals surface area contributed by atoms with Crippen molar-refractivity contribution in [3.8, 4) is 17.2 Å². The first kappa shape index (κ1) is 18.9.